The lowest BCUT2D eigenvalue weighted by atomic mass is 10.1. The van der Waals surface area contributed by atoms with Crippen molar-refractivity contribution in [2.45, 2.75) is 20.1 Å². The van der Waals surface area contributed by atoms with Gasteiger partial charge in [-0.3, -0.25) is 4.79 Å². The van der Waals surface area contributed by atoms with E-state index in [1.165, 1.54) is 0 Å². The summed E-state index contributed by atoms with van der Waals surface area (Å²) in [5.41, 5.74) is 4.06. The number of anilines is 1. The van der Waals surface area contributed by atoms with Crippen LogP contribution < -0.4 is 4.90 Å². The molecule has 24 heavy (non-hydrogen) atoms. The van der Waals surface area contributed by atoms with E-state index in [4.69, 9.17) is 4.74 Å². The minimum Gasteiger partial charge on any atom is -0.380 e. The highest BCUT2D eigenvalue weighted by atomic mass is 16.5. The van der Waals surface area contributed by atoms with E-state index in [1.54, 1.807) is 7.11 Å². The Morgan fingerprint density at radius 3 is 2.04 bits per heavy atom. The first-order chi connectivity index (χ1) is 11.5. The highest BCUT2D eigenvalue weighted by molar-refractivity contribution is 5.94. The molecule has 0 atom stereocenters. The molecule has 4 heteroatoms. The van der Waals surface area contributed by atoms with Gasteiger partial charge >= 0.3 is 0 Å². The smallest absolute Gasteiger partial charge is 0.254 e. The summed E-state index contributed by atoms with van der Waals surface area (Å²) in [7, 11) is 5.70. The average Bonchev–Trinajstić information content (AvgIpc) is 2.60. The molecule has 0 fully saturated rings. The minimum absolute atomic E-state index is 0.0538. The van der Waals surface area contributed by atoms with Crippen LogP contribution in [0.4, 0.5) is 5.69 Å². The van der Waals surface area contributed by atoms with Crippen molar-refractivity contribution in [3.63, 3.8) is 0 Å². The zero-order valence-corrected chi connectivity index (χ0v) is 15.0. The molecule has 128 valence electrons. The maximum absolute atomic E-state index is 12.7. The van der Waals surface area contributed by atoms with Gasteiger partial charge in [0.25, 0.3) is 5.91 Å². The van der Waals surface area contributed by atoms with E-state index in [0.717, 1.165) is 16.8 Å². The number of carbonyl (C=O) groups excluding carboxylic acids is 1. The summed E-state index contributed by atoms with van der Waals surface area (Å²) in [4.78, 5) is 16.6. The maximum atomic E-state index is 12.7. The number of methoxy groups -OCH3 is 1. The lowest BCUT2D eigenvalue weighted by Gasteiger charge is -2.22. The number of carbonyl (C=O) groups is 1. The van der Waals surface area contributed by atoms with Gasteiger partial charge in [-0.25, -0.2) is 0 Å². The van der Waals surface area contributed by atoms with Crippen LogP contribution in [-0.4, -0.2) is 38.6 Å². The van der Waals surface area contributed by atoms with E-state index in [0.29, 0.717) is 25.3 Å². The van der Waals surface area contributed by atoms with Gasteiger partial charge in [-0.2, -0.15) is 0 Å². The molecule has 1 amide bonds. The van der Waals surface area contributed by atoms with Crippen LogP contribution in [0.5, 0.6) is 0 Å². The van der Waals surface area contributed by atoms with Crippen LogP contribution >= 0.6 is 0 Å². The number of hydrogen-bond acceptors (Lipinski definition) is 3. The van der Waals surface area contributed by atoms with Crippen LogP contribution in [0.25, 0.3) is 0 Å². The first-order valence-corrected chi connectivity index (χ1v) is 8.18. The summed E-state index contributed by atoms with van der Waals surface area (Å²) in [6, 6.07) is 15.9. The monoisotopic (exact) mass is 326 g/mol. The van der Waals surface area contributed by atoms with Gasteiger partial charge < -0.3 is 14.5 Å². The van der Waals surface area contributed by atoms with Gasteiger partial charge in [0.2, 0.25) is 0 Å². The zero-order chi connectivity index (χ0) is 17.5. The Balaban J connectivity index is 2.08. The molecule has 0 unspecified atom stereocenters. The Morgan fingerprint density at radius 1 is 0.958 bits per heavy atom. The van der Waals surface area contributed by atoms with Gasteiger partial charge in [-0.1, -0.05) is 24.3 Å². The number of hydrogen-bond donors (Lipinski definition) is 0. The SMILES string of the molecule is CCN(Cc1ccc(N(C)C)cc1)C(=O)c1ccc(COC)cc1. The van der Waals surface area contributed by atoms with Gasteiger partial charge in [-0.15, -0.1) is 0 Å². The number of rotatable bonds is 7. The standard InChI is InChI=1S/C20H26N2O2/c1-5-22(14-16-8-12-19(13-9-16)21(2)3)20(23)18-10-6-17(7-11-18)15-24-4/h6-13H,5,14-15H2,1-4H3. The van der Waals surface area contributed by atoms with Crippen molar-refractivity contribution < 1.29 is 9.53 Å². The second kappa shape index (κ2) is 8.50. The number of nitrogens with zero attached hydrogens (tertiary/aromatic N) is 2. The van der Waals surface area contributed by atoms with Crippen LogP contribution in [0.1, 0.15) is 28.4 Å². The van der Waals surface area contributed by atoms with Gasteiger partial charge in [0, 0.05) is 45.5 Å². The Kier molecular flexibility index (Phi) is 6.38. The molecule has 2 aromatic rings. The van der Waals surface area contributed by atoms with E-state index in [-0.39, 0.29) is 5.91 Å². The van der Waals surface area contributed by atoms with Crippen molar-refractivity contribution in [2.24, 2.45) is 0 Å². The van der Waals surface area contributed by atoms with Crippen molar-refractivity contribution in [1.82, 2.24) is 4.90 Å². The number of ether oxygens (including phenoxy) is 1. The van der Waals surface area contributed by atoms with Crippen molar-refractivity contribution in [1.29, 1.82) is 0 Å². The summed E-state index contributed by atoms with van der Waals surface area (Å²) >= 11 is 0. The van der Waals surface area contributed by atoms with Gasteiger partial charge in [0.05, 0.1) is 6.61 Å². The minimum atomic E-state index is 0.0538. The van der Waals surface area contributed by atoms with Crippen LogP contribution in [-0.2, 0) is 17.9 Å². The normalized spacial score (nSPS) is 10.5. The third kappa shape index (κ3) is 4.59. The first-order valence-electron chi connectivity index (χ1n) is 8.18. The molecule has 0 saturated carbocycles. The van der Waals surface area contributed by atoms with Crippen LogP contribution in [0, 0.1) is 0 Å². The molecule has 0 aliphatic carbocycles. The van der Waals surface area contributed by atoms with Gasteiger partial charge in [0.1, 0.15) is 0 Å². The van der Waals surface area contributed by atoms with Crippen molar-refractivity contribution >= 4 is 11.6 Å². The topological polar surface area (TPSA) is 32.8 Å². The fourth-order valence-corrected chi connectivity index (χ4v) is 2.54. The summed E-state index contributed by atoms with van der Waals surface area (Å²) < 4.78 is 5.10. The molecule has 0 N–H and O–H groups in total. The molecule has 0 heterocycles. The maximum Gasteiger partial charge on any atom is 0.254 e. The van der Waals surface area contributed by atoms with E-state index in [1.807, 2.05) is 50.2 Å². The third-order valence-electron chi connectivity index (χ3n) is 4.01. The average molecular weight is 326 g/mol. The van der Waals surface area contributed by atoms with Crippen molar-refractivity contribution in [2.75, 3.05) is 32.6 Å². The molecular formula is C20H26N2O2. The van der Waals surface area contributed by atoms with Crippen LogP contribution in [0.2, 0.25) is 0 Å². The molecule has 0 aliphatic heterocycles. The number of benzene rings is 2. The summed E-state index contributed by atoms with van der Waals surface area (Å²) in [6.45, 7) is 3.85. The molecule has 2 rings (SSSR count). The fraction of sp³-hybridized carbons (Fsp3) is 0.350. The van der Waals surface area contributed by atoms with E-state index < -0.39 is 0 Å². The van der Waals surface area contributed by atoms with Gasteiger partial charge in [-0.05, 0) is 42.3 Å². The third-order valence-corrected chi connectivity index (χ3v) is 4.01. The Labute approximate surface area is 144 Å². The van der Waals surface area contributed by atoms with Crippen LogP contribution in [0.15, 0.2) is 48.5 Å². The predicted molar refractivity (Wildman–Crippen MR) is 98.3 cm³/mol. The van der Waals surface area contributed by atoms with Gasteiger partial charge in [0.15, 0.2) is 0 Å². The number of amides is 1. The van der Waals surface area contributed by atoms with Crippen LogP contribution in [0.3, 0.4) is 0 Å². The highest BCUT2D eigenvalue weighted by Crippen LogP contribution is 2.15. The Hall–Kier alpha value is -2.33. The lowest BCUT2D eigenvalue weighted by Crippen LogP contribution is -2.30. The summed E-state index contributed by atoms with van der Waals surface area (Å²) in [6.07, 6.45) is 0. The quantitative estimate of drug-likeness (QED) is 0.780. The highest BCUT2D eigenvalue weighted by Gasteiger charge is 2.14. The molecular weight excluding hydrogens is 300 g/mol. The molecule has 0 aliphatic rings. The molecule has 0 saturated heterocycles. The molecule has 0 radical (unpaired) electrons. The molecule has 4 nitrogen and oxygen atoms in total. The summed E-state index contributed by atoms with van der Waals surface area (Å²) in [5.74, 6) is 0.0538. The predicted octanol–water partition coefficient (Wildman–Crippen LogP) is 3.56. The van der Waals surface area contributed by atoms with Crippen molar-refractivity contribution in [3.05, 3.63) is 65.2 Å². The Morgan fingerprint density at radius 2 is 1.54 bits per heavy atom. The molecule has 0 bridgehead atoms. The van der Waals surface area contributed by atoms with E-state index in [2.05, 4.69) is 29.2 Å². The largest absolute Gasteiger partial charge is 0.380 e. The Bertz CT molecular complexity index is 648. The zero-order valence-electron chi connectivity index (χ0n) is 15.0. The van der Waals surface area contributed by atoms with E-state index in [9.17, 15) is 4.79 Å². The second-order valence-corrected chi connectivity index (χ2v) is 6.01. The lowest BCUT2D eigenvalue weighted by molar-refractivity contribution is 0.0752. The molecule has 0 spiro atoms. The molecule has 0 aromatic heterocycles. The fourth-order valence-electron chi connectivity index (χ4n) is 2.54. The molecule has 2 aromatic carbocycles. The van der Waals surface area contributed by atoms with E-state index >= 15 is 0 Å². The first kappa shape index (κ1) is 18.0. The summed E-state index contributed by atoms with van der Waals surface area (Å²) in [5, 5.41) is 0. The second-order valence-electron chi connectivity index (χ2n) is 6.01. The van der Waals surface area contributed by atoms with Crippen molar-refractivity contribution in [3.8, 4) is 0 Å².